The SMILES string of the molecule is CC(C)c1ccc(OCC(=O)N/N=C/c2cc([N+](=O)[O-])cs2)cc1. The van der Waals surface area contributed by atoms with Crippen molar-refractivity contribution in [1.29, 1.82) is 0 Å². The summed E-state index contributed by atoms with van der Waals surface area (Å²) in [6.45, 7) is 4.04. The Morgan fingerprint density at radius 2 is 2.12 bits per heavy atom. The number of benzene rings is 1. The number of nitrogens with one attached hydrogen (secondary N) is 1. The maximum Gasteiger partial charge on any atom is 0.280 e. The summed E-state index contributed by atoms with van der Waals surface area (Å²) in [7, 11) is 0. The maximum absolute atomic E-state index is 11.6. The van der Waals surface area contributed by atoms with Gasteiger partial charge in [0.05, 0.1) is 21.4 Å². The summed E-state index contributed by atoms with van der Waals surface area (Å²) in [6, 6.07) is 8.93. The molecule has 0 aliphatic carbocycles. The Morgan fingerprint density at radius 1 is 1.42 bits per heavy atom. The minimum absolute atomic E-state index is 0.000884. The van der Waals surface area contributed by atoms with Crippen molar-refractivity contribution in [3.05, 3.63) is 56.3 Å². The van der Waals surface area contributed by atoms with Gasteiger partial charge in [-0.3, -0.25) is 14.9 Å². The molecule has 1 aromatic heterocycles. The summed E-state index contributed by atoms with van der Waals surface area (Å²) in [4.78, 5) is 22.3. The van der Waals surface area contributed by atoms with Gasteiger partial charge in [-0.15, -0.1) is 11.3 Å². The third kappa shape index (κ3) is 5.17. The first-order chi connectivity index (χ1) is 11.5. The van der Waals surface area contributed by atoms with Gasteiger partial charge >= 0.3 is 0 Å². The second-order valence-corrected chi connectivity index (χ2v) is 6.21. The van der Waals surface area contributed by atoms with Crippen molar-refractivity contribution in [2.45, 2.75) is 19.8 Å². The van der Waals surface area contributed by atoms with Gasteiger partial charge in [-0.2, -0.15) is 5.10 Å². The van der Waals surface area contributed by atoms with Crippen LogP contribution in [0.25, 0.3) is 0 Å². The topological polar surface area (TPSA) is 93.8 Å². The van der Waals surface area contributed by atoms with Gasteiger partial charge in [-0.05, 0) is 23.6 Å². The summed E-state index contributed by atoms with van der Waals surface area (Å²) in [5.41, 5.74) is 3.51. The molecule has 1 aromatic carbocycles. The molecular formula is C16H17N3O4S. The minimum atomic E-state index is -0.481. The molecule has 0 aliphatic rings. The van der Waals surface area contributed by atoms with Crippen molar-refractivity contribution in [2.75, 3.05) is 6.61 Å². The standard InChI is InChI=1S/C16H17N3O4S/c1-11(2)12-3-5-14(6-4-12)23-9-16(20)18-17-8-15-7-13(10-24-15)19(21)22/h3-8,10-11H,9H2,1-2H3,(H,18,20)/b17-8+. The predicted molar refractivity (Wildman–Crippen MR) is 92.7 cm³/mol. The number of nitrogens with zero attached hydrogens (tertiary/aromatic N) is 2. The molecule has 1 amide bonds. The molecule has 0 atom stereocenters. The van der Waals surface area contributed by atoms with Crippen LogP contribution in [0.15, 0.2) is 40.8 Å². The van der Waals surface area contributed by atoms with Crippen LogP contribution < -0.4 is 10.2 Å². The Kier molecular flexibility index (Phi) is 6.02. The first kappa shape index (κ1) is 17.6. The van der Waals surface area contributed by atoms with Gasteiger partial charge in [-0.25, -0.2) is 5.43 Å². The van der Waals surface area contributed by atoms with Gasteiger partial charge in [0, 0.05) is 6.07 Å². The van der Waals surface area contributed by atoms with E-state index in [1.54, 1.807) is 0 Å². The molecule has 2 rings (SSSR count). The Labute approximate surface area is 143 Å². The molecule has 0 saturated heterocycles. The van der Waals surface area contributed by atoms with E-state index in [4.69, 9.17) is 4.74 Å². The van der Waals surface area contributed by atoms with Gasteiger partial charge in [0.2, 0.25) is 0 Å². The number of hydrogen-bond acceptors (Lipinski definition) is 6. The van der Waals surface area contributed by atoms with Crippen molar-refractivity contribution in [1.82, 2.24) is 5.43 Å². The Hall–Kier alpha value is -2.74. The quantitative estimate of drug-likeness (QED) is 0.472. The summed E-state index contributed by atoms with van der Waals surface area (Å²) in [5.74, 6) is 0.627. The zero-order valence-corrected chi connectivity index (χ0v) is 14.1. The van der Waals surface area contributed by atoms with E-state index < -0.39 is 10.8 Å². The molecule has 0 unspecified atom stereocenters. The average Bonchev–Trinajstić information content (AvgIpc) is 3.02. The van der Waals surface area contributed by atoms with Crippen molar-refractivity contribution in [3.8, 4) is 5.75 Å². The summed E-state index contributed by atoms with van der Waals surface area (Å²) in [5, 5.41) is 15.7. The third-order valence-corrected chi connectivity index (χ3v) is 3.97. The zero-order valence-electron chi connectivity index (χ0n) is 13.3. The minimum Gasteiger partial charge on any atom is -0.484 e. The highest BCUT2D eigenvalue weighted by molar-refractivity contribution is 7.12. The van der Waals surface area contributed by atoms with Crippen LogP contribution in [0.4, 0.5) is 5.69 Å². The fourth-order valence-electron chi connectivity index (χ4n) is 1.80. The number of thiophene rings is 1. The van der Waals surface area contributed by atoms with Crippen LogP contribution in [0, 0.1) is 10.1 Å². The second kappa shape index (κ2) is 8.21. The molecular weight excluding hydrogens is 330 g/mol. The maximum atomic E-state index is 11.6. The van der Waals surface area contributed by atoms with Crippen LogP contribution in [0.1, 0.15) is 30.2 Å². The summed E-state index contributed by atoms with van der Waals surface area (Å²) < 4.78 is 5.37. The number of hydrogen-bond donors (Lipinski definition) is 1. The van der Waals surface area contributed by atoms with E-state index in [1.807, 2.05) is 24.3 Å². The molecule has 24 heavy (non-hydrogen) atoms. The van der Waals surface area contributed by atoms with Crippen LogP contribution in [-0.4, -0.2) is 23.7 Å². The number of carbonyl (C=O) groups excluding carboxylic acids is 1. The van der Waals surface area contributed by atoms with E-state index in [0.717, 1.165) is 0 Å². The van der Waals surface area contributed by atoms with Gasteiger partial charge < -0.3 is 4.74 Å². The molecule has 0 spiro atoms. The van der Waals surface area contributed by atoms with Crippen LogP contribution in [-0.2, 0) is 4.79 Å². The number of rotatable bonds is 7. The van der Waals surface area contributed by atoms with Gasteiger partial charge in [0.25, 0.3) is 11.6 Å². The molecule has 7 nitrogen and oxygen atoms in total. The number of ether oxygens (including phenoxy) is 1. The lowest BCUT2D eigenvalue weighted by molar-refractivity contribution is -0.384. The number of nitro groups is 1. The number of amides is 1. The second-order valence-electron chi connectivity index (χ2n) is 5.27. The fraction of sp³-hybridized carbons (Fsp3) is 0.250. The van der Waals surface area contributed by atoms with Crippen LogP contribution in [0.2, 0.25) is 0 Å². The van der Waals surface area contributed by atoms with Crippen LogP contribution >= 0.6 is 11.3 Å². The van der Waals surface area contributed by atoms with E-state index >= 15 is 0 Å². The number of carbonyl (C=O) groups is 1. The zero-order chi connectivity index (χ0) is 17.5. The highest BCUT2D eigenvalue weighted by Gasteiger charge is 2.08. The molecule has 0 bridgehead atoms. The molecule has 8 heteroatoms. The lowest BCUT2D eigenvalue weighted by Crippen LogP contribution is -2.24. The van der Waals surface area contributed by atoms with Crippen molar-refractivity contribution in [3.63, 3.8) is 0 Å². The lowest BCUT2D eigenvalue weighted by Gasteiger charge is -2.08. The molecule has 126 valence electrons. The highest BCUT2D eigenvalue weighted by Crippen LogP contribution is 2.19. The van der Waals surface area contributed by atoms with E-state index in [-0.39, 0.29) is 12.3 Å². The monoisotopic (exact) mass is 347 g/mol. The van der Waals surface area contributed by atoms with Gasteiger partial charge in [0.1, 0.15) is 5.75 Å². The molecule has 0 fully saturated rings. The largest absolute Gasteiger partial charge is 0.484 e. The van der Waals surface area contributed by atoms with Gasteiger partial charge in [-0.1, -0.05) is 26.0 Å². The first-order valence-corrected chi connectivity index (χ1v) is 8.11. The molecule has 0 aliphatic heterocycles. The molecule has 1 N–H and O–H groups in total. The van der Waals surface area contributed by atoms with Crippen molar-refractivity contribution < 1.29 is 14.5 Å². The Bertz CT molecular complexity index is 738. The van der Waals surface area contributed by atoms with E-state index in [2.05, 4.69) is 24.4 Å². The average molecular weight is 347 g/mol. The Morgan fingerprint density at radius 3 is 2.71 bits per heavy atom. The molecule has 2 aromatic rings. The normalized spacial score (nSPS) is 11.0. The Balaban J connectivity index is 1.78. The molecule has 0 saturated carbocycles. The smallest absolute Gasteiger partial charge is 0.280 e. The lowest BCUT2D eigenvalue weighted by atomic mass is 10.0. The van der Waals surface area contributed by atoms with Crippen LogP contribution in [0.5, 0.6) is 5.75 Å². The van der Waals surface area contributed by atoms with E-state index in [1.165, 1.54) is 34.6 Å². The molecule has 1 heterocycles. The van der Waals surface area contributed by atoms with Crippen molar-refractivity contribution >= 4 is 29.1 Å². The van der Waals surface area contributed by atoms with Crippen molar-refractivity contribution in [2.24, 2.45) is 5.10 Å². The summed E-state index contributed by atoms with van der Waals surface area (Å²) in [6.07, 6.45) is 1.35. The predicted octanol–water partition coefficient (Wildman–Crippen LogP) is 3.31. The number of hydrazone groups is 1. The fourth-order valence-corrected chi connectivity index (χ4v) is 2.52. The van der Waals surface area contributed by atoms with E-state index in [9.17, 15) is 14.9 Å². The first-order valence-electron chi connectivity index (χ1n) is 7.23. The third-order valence-electron chi connectivity index (χ3n) is 3.11. The highest BCUT2D eigenvalue weighted by atomic mass is 32.1. The van der Waals surface area contributed by atoms with Gasteiger partial charge in [0.15, 0.2) is 6.61 Å². The van der Waals surface area contributed by atoms with E-state index in [0.29, 0.717) is 16.5 Å². The van der Waals surface area contributed by atoms with Crippen LogP contribution in [0.3, 0.4) is 0 Å². The summed E-state index contributed by atoms with van der Waals surface area (Å²) >= 11 is 1.17. The molecule has 0 radical (unpaired) electrons.